The number of nitrogens with zero attached hydrogens (tertiary/aromatic N) is 2. The number of likely N-dealkylation sites (N-methyl/N-ethyl adjacent to an activating group) is 1. The van der Waals surface area contributed by atoms with Crippen molar-refractivity contribution in [2.24, 2.45) is 11.8 Å². The number of ether oxygens (including phenoxy) is 1. The minimum absolute atomic E-state index is 0.00163. The summed E-state index contributed by atoms with van der Waals surface area (Å²) >= 11 is 0. The minimum Gasteiger partial charge on any atom is -0.481 e. The van der Waals surface area contributed by atoms with Crippen LogP contribution in [-0.4, -0.2) is 66.3 Å². The topological polar surface area (TPSA) is 70.1 Å². The quantitative estimate of drug-likeness (QED) is 0.814. The molecule has 0 aromatic heterocycles. The highest BCUT2D eigenvalue weighted by Gasteiger charge is 2.37. The maximum Gasteiger partial charge on any atom is 0.319 e. The van der Waals surface area contributed by atoms with E-state index in [2.05, 4.69) is 0 Å². The first-order valence-corrected chi connectivity index (χ1v) is 6.67. The predicted molar refractivity (Wildman–Crippen MR) is 71.0 cm³/mol. The van der Waals surface area contributed by atoms with Gasteiger partial charge in [-0.3, -0.25) is 4.79 Å². The first kappa shape index (κ1) is 15.8. The summed E-state index contributed by atoms with van der Waals surface area (Å²) in [5.41, 5.74) is 0. The van der Waals surface area contributed by atoms with Gasteiger partial charge in [0, 0.05) is 26.7 Å². The fraction of sp³-hybridized carbons (Fsp3) is 0.846. The molecule has 1 heterocycles. The highest BCUT2D eigenvalue weighted by atomic mass is 16.5. The van der Waals surface area contributed by atoms with Gasteiger partial charge in [-0.25, -0.2) is 4.79 Å². The molecule has 1 saturated heterocycles. The third kappa shape index (κ3) is 4.38. The van der Waals surface area contributed by atoms with Crippen LogP contribution in [0.15, 0.2) is 0 Å². The number of rotatable bonds is 5. The van der Waals surface area contributed by atoms with Gasteiger partial charge in [-0.15, -0.1) is 0 Å². The number of aliphatic carboxylic acids is 1. The van der Waals surface area contributed by atoms with Crippen molar-refractivity contribution in [3.63, 3.8) is 0 Å². The molecule has 6 heteroatoms. The van der Waals surface area contributed by atoms with Crippen LogP contribution in [0, 0.1) is 11.8 Å². The van der Waals surface area contributed by atoms with E-state index < -0.39 is 11.9 Å². The van der Waals surface area contributed by atoms with Crippen LogP contribution in [-0.2, 0) is 9.53 Å². The normalized spacial score (nSPS) is 22.9. The SMILES string of the molecule is CC(C)OCCN(C)C(=O)N1CC(C)C(C(=O)O)C1. The number of hydrogen-bond donors (Lipinski definition) is 1. The molecule has 0 saturated carbocycles. The maximum atomic E-state index is 12.1. The molecular weight excluding hydrogens is 248 g/mol. The molecule has 2 unspecified atom stereocenters. The lowest BCUT2D eigenvalue weighted by atomic mass is 9.99. The average Bonchev–Trinajstić information content (AvgIpc) is 2.69. The number of amides is 2. The van der Waals surface area contributed by atoms with E-state index in [1.165, 1.54) is 0 Å². The molecule has 0 bridgehead atoms. The second kappa shape index (κ2) is 6.75. The highest BCUT2D eigenvalue weighted by Crippen LogP contribution is 2.23. The molecule has 1 N–H and O–H groups in total. The molecule has 0 aliphatic carbocycles. The van der Waals surface area contributed by atoms with Crippen molar-refractivity contribution in [3.8, 4) is 0 Å². The maximum absolute atomic E-state index is 12.1. The molecule has 1 rings (SSSR count). The second-order valence-corrected chi connectivity index (χ2v) is 5.45. The molecule has 2 amide bonds. The Morgan fingerprint density at radius 2 is 2.05 bits per heavy atom. The predicted octanol–water partition coefficient (Wildman–Crippen LogP) is 1.12. The van der Waals surface area contributed by atoms with E-state index in [1.807, 2.05) is 20.8 Å². The number of carboxylic acids is 1. The van der Waals surface area contributed by atoms with Crippen LogP contribution in [0.4, 0.5) is 4.79 Å². The smallest absolute Gasteiger partial charge is 0.319 e. The van der Waals surface area contributed by atoms with Gasteiger partial charge in [0.25, 0.3) is 0 Å². The standard InChI is InChI=1S/C13H24N2O4/c1-9(2)19-6-5-14(4)13(18)15-7-10(3)11(8-15)12(16)17/h9-11H,5-8H2,1-4H3,(H,16,17). The van der Waals surface area contributed by atoms with Crippen LogP contribution in [0.5, 0.6) is 0 Å². The number of carboxylic acid groups (broad SMARTS) is 1. The molecule has 2 atom stereocenters. The molecule has 1 aliphatic rings. The van der Waals surface area contributed by atoms with Gasteiger partial charge in [-0.05, 0) is 19.8 Å². The lowest BCUT2D eigenvalue weighted by molar-refractivity contribution is -0.142. The Kier molecular flexibility index (Phi) is 5.60. The van der Waals surface area contributed by atoms with Gasteiger partial charge in [-0.1, -0.05) is 6.92 Å². The third-order valence-corrected chi connectivity index (χ3v) is 3.40. The summed E-state index contributed by atoms with van der Waals surface area (Å²) in [6.07, 6.45) is 0.145. The highest BCUT2D eigenvalue weighted by molar-refractivity contribution is 5.77. The number of hydrogen-bond acceptors (Lipinski definition) is 3. The van der Waals surface area contributed by atoms with Crippen molar-refractivity contribution in [2.75, 3.05) is 33.3 Å². The van der Waals surface area contributed by atoms with Crippen LogP contribution < -0.4 is 0 Å². The Balaban J connectivity index is 2.43. The number of carbonyl (C=O) groups excluding carboxylic acids is 1. The van der Waals surface area contributed by atoms with Crippen LogP contribution >= 0.6 is 0 Å². The minimum atomic E-state index is -0.825. The molecular formula is C13H24N2O4. The van der Waals surface area contributed by atoms with Crippen molar-refractivity contribution in [1.29, 1.82) is 0 Å². The third-order valence-electron chi connectivity index (χ3n) is 3.40. The molecule has 0 aromatic rings. The lowest BCUT2D eigenvalue weighted by Gasteiger charge is -2.24. The van der Waals surface area contributed by atoms with Crippen molar-refractivity contribution in [2.45, 2.75) is 26.9 Å². The molecule has 0 aromatic carbocycles. The number of likely N-dealkylation sites (tertiary alicyclic amines) is 1. The Bertz CT molecular complexity index is 333. The van der Waals surface area contributed by atoms with Crippen molar-refractivity contribution < 1.29 is 19.4 Å². The van der Waals surface area contributed by atoms with Crippen LogP contribution in [0.3, 0.4) is 0 Å². The van der Waals surface area contributed by atoms with E-state index in [1.54, 1.807) is 16.8 Å². The molecule has 1 aliphatic heterocycles. The van der Waals surface area contributed by atoms with Gasteiger partial charge in [0.1, 0.15) is 0 Å². The van der Waals surface area contributed by atoms with E-state index >= 15 is 0 Å². The molecule has 6 nitrogen and oxygen atoms in total. The fourth-order valence-electron chi connectivity index (χ4n) is 2.21. The summed E-state index contributed by atoms with van der Waals surface area (Å²) < 4.78 is 5.40. The zero-order valence-electron chi connectivity index (χ0n) is 12.1. The van der Waals surface area contributed by atoms with Gasteiger partial charge >= 0.3 is 12.0 Å². The molecule has 1 fully saturated rings. The van der Waals surface area contributed by atoms with E-state index in [4.69, 9.17) is 9.84 Å². The average molecular weight is 272 g/mol. The largest absolute Gasteiger partial charge is 0.481 e. The lowest BCUT2D eigenvalue weighted by Crippen LogP contribution is -2.41. The van der Waals surface area contributed by atoms with Crippen molar-refractivity contribution in [1.82, 2.24) is 9.80 Å². The van der Waals surface area contributed by atoms with Crippen LogP contribution in [0.2, 0.25) is 0 Å². The van der Waals surface area contributed by atoms with Gasteiger partial charge in [0.05, 0.1) is 18.6 Å². The Labute approximate surface area is 114 Å². The van der Waals surface area contributed by atoms with Crippen molar-refractivity contribution in [3.05, 3.63) is 0 Å². The summed E-state index contributed by atoms with van der Waals surface area (Å²) in [5, 5.41) is 9.05. The Morgan fingerprint density at radius 3 is 2.53 bits per heavy atom. The fourth-order valence-corrected chi connectivity index (χ4v) is 2.21. The molecule has 19 heavy (non-hydrogen) atoms. The summed E-state index contributed by atoms with van der Waals surface area (Å²) in [5.74, 6) is -1.28. The molecule has 0 radical (unpaired) electrons. The summed E-state index contributed by atoms with van der Waals surface area (Å²) in [4.78, 5) is 26.4. The van der Waals surface area contributed by atoms with Gasteiger partial charge in [0.15, 0.2) is 0 Å². The monoisotopic (exact) mass is 272 g/mol. The number of urea groups is 1. The van der Waals surface area contributed by atoms with Gasteiger partial charge < -0.3 is 19.6 Å². The zero-order valence-corrected chi connectivity index (χ0v) is 12.1. The van der Waals surface area contributed by atoms with Gasteiger partial charge in [-0.2, -0.15) is 0 Å². The Morgan fingerprint density at radius 1 is 1.42 bits per heavy atom. The Hall–Kier alpha value is -1.30. The zero-order chi connectivity index (χ0) is 14.6. The van der Waals surface area contributed by atoms with E-state index in [0.717, 1.165) is 0 Å². The van der Waals surface area contributed by atoms with Crippen molar-refractivity contribution >= 4 is 12.0 Å². The molecule has 0 spiro atoms. The summed E-state index contributed by atoms with van der Waals surface area (Å²) in [7, 11) is 1.71. The van der Waals surface area contributed by atoms with Crippen LogP contribution in [0.25, 0.3) is 0 Å². The van der Waals surface area contributed by atoms with E-state index in [9.17, 15) is 9.59 Å². The number of carbonyl (C=O) groups is 2. The van der Waals surface area contributed by atoms with Gasteiger partial charge in [0.2, 0.25) is 0 Å². The summed E-state index contributed by atoms with van der Waals surface area (Å²) in [6.45, 7) is 7.57. The first-order valence-electron chi connectivity index (χ1n) is 6.67. The summed E-state index contributed by atoms with van der Waals surface area (Å²) in [6, 6.07) is -0.122. The van der Waals surface area contributed by atoms with E-state index in [-0.39, 0.29) is 18.1 Å². The first-order chi connectivity index (χ1) is 8.82. The van der Waals surface area contributed by atoms with Crippen LogP contribution in [0.1, 0.15) is 20.8 Å². The molecule has 110 valence electrons. The van der Waals surface area contributed by atoms with E-state index in [0.29, 0.717) is 26.2 Å². The second-order valence-electron chi connectivity index (χ2n) is 5.45.